The van der Waals surface area contributed by atoms with E-state index in [-0.39, 0.29) is 25.6 Å². The average Bonchev–Trinajstić information content (AvgIpc) is 2.38. The van der Waals surface area contributed by atoms with Crippen molar-refractivity contribution < 1.29 is 9.90 Å². The first-order valence-electron chi connectivity index (χ1n) is 5.62. The molecule has 96 valence electrons. The Bertz CT molecular complexity index is 402. The van der Waals surface area contributed by atoms with Crippen LogP contribution in [-0.4, -0.2) is 47.1 Å². The van der Waals surface area contributed by atoms with Crippen LogP contribution >= 0.6 is 0 Å². The Labute approximate surface area is 106 Å². The van der Waals surface area contributed by atoms with Gasteiger partial charge in [0, 0.05) is 25.5 Å². The minimum absolute atomic E-state index is 0.00130. The molecule has 1 heterocycles. The molecule has 1 aromatic heterocycles. The summed E-state index contributed by atoms with van der Waals surface area (Å²) in [6.45, 7) is 1.06. The standard InChI is InChI=1S/C12H16N4O2/c13-3-5-15-12(18)10-16(6-7-17)9-11-2-1-4-14-8-11/h1-2,4,8,17H,5-7,9-10H2,(H,15,18). The van der Waals surface area contributed by atoms with E-state index < -0.39 is 0 Å². The van der Waals surface area contributed by atoms with Crippen LogP contribution in [0.15, 0.2) is 24.5 Å². The van der Waals surface area contributed by atoms with E-state index in [1.54, 1.807) is 17.3 Å². The van der Waals surface area contributed by atoms with Gasteiger partial charge in [-0.25, -0.2) is 0 Å². The third kappa shape index (κ3) is 5.39. The summed E-state index contributed by atoms with van der Waals surface area (Å²) in [6.07, 6.45) is 3.40. The molecule has 0 fully saturated rings. The molecule has 0 bridgehead atoms. The lowest BCUT2D eigenvalue weighted by atomic mass is 10.2. The number of carbonyl (C=O) groups is 1. The van der Waals surface area contributed by atoms with Crippen LogP contribution in [0.5, 0.6) is 0 Å². The van der Waals surface area contributed by atoms with E-state index in [1.807, 2.05) is 18.2 Å². The number of nitriles is 1. The molecule has 1 amide bonds. The number of hydrogen-bond donors (Lipinski definition) is 2. The number of nitrogens with one attached hydrogen (secondary N) is 1. The lowest BCUT2D eigenvalue weighted by molar-refractivity contribution is -0.122. The number of amides is 1. The van der Waals surface area contributed by atoms with Crippen molar-refractivity contribution in [2.45, 2.75) is 6.54 Å². The molecule has 0 atom stereocenters. The zero-order valence-electron chi connectivity index (χ0n) is 10.0. The van der Waals surface area contributed by atoms with Crippen LogP contribution in [-0.2, 0) is 11.3 Å². The Kier molecular flexibility index (Phi) is 6.40. The number of aromatic nitrogens is 1. The Morgan fingerprint density at radius 1 is 1.61 bits per heavy atom. The van der Waals surface area contributed by atoms with Gasteiger partial charge in [0.25, 0.3) is 0 Å². The molecule has 1 aromatic rings. The average molecular weight is 248 g/mol. The molecular weight excluding hydrogens is 232 g/mol. The fraction of sp³-hybridized carbons (Fsp3) is 0.417. The Morgan fingerprint density at radius 2 is 2.44 bits per heavy atom. The second kappa shape index (κ2) is 8.17. The molecule has 0 saturated carbocycles. The summed E-state index contributed by atoms with van der Waals surface area (Å²) < 4.78 is 0. The summed E-state index contributed by atoms with van der Waals surface area (Å²) in [5.41, 5.74) is 0.971. The Hall–Kier alpha value is -1.97. The first-order chi connectivity index (χ1) is 8.76. The van der Waals surface area contributed by atoms with Crippen molar-refractivity contribution in [2.75, 3.05) is 26.2 Å². The summed E-state index contributed by atoms with van der Waals surface area (Å²) in [5, 5.41) is 19.8. The van der Waals surface area contributed by atoms with Crippen molar-refractivity contribution in [3.8, 4) is 6.07 Å². The van der Waals surface area contributed by atoms with Gasteiger partial charge >= 0.3 is 0 Å². The Balaban J connectivity index is 2.50. The number of aliphatic hydroxyl groups is 1. The molecule has 2 N–H and O–H groups in total. The van der Waals surface area contributed by atoms with Crippen molar-refractivity contribution >= 4 is 5.91 Å². The molecular formula is C12H16N4O2. The first-order valence-corrected chi connectivity index (χ1v) is 5.62. The summed E-state index contributed by atoms with van der Waals surface area (Å²) in [5.74, 6) is -0.228. The van der Waals surface area contributed by atoms with Crippen LogP contribution in [0.2, 0.25) is 0 Å². The number of nitrogens with zero attached hydrogens (tertiary/aromatic N) is 3. The summed E-state index contributed by atoms with van der Waals surface area (Å²) in [7, 11) is 0. The number of hydrogen-bond acceptors (Lipinski definition) is 5. The van der Waals surface area contributed by atoms with Gasteiger partial charge < -0.3 is 10.4 Å². The summed E-state index contributed by atoms with van der Waals surface area (Å²) >= 11 is 0. The minimum atomic E-state index is -0.228. The second-order valence-electron chi connectivity index (χ2n) is 3.73. The number of rotatable bonds is 7. The highest BCUT2D eigenvalue weighted by molar-refractivity contribution is 5.78. The van der Waals surface area contributed by atoms with Crippen molar-refractivity contribution in [1.82, 2.24) is 15.2 Å². The van der Waals surface area contributed by atoms with Crippen LogP contribution in [0.1, 0.15) is 5.56 Å². The predicted molar refractivity (Wildman–Crippen MR) is 65.2 cm³/mol. The van der Waals surface area contributed by atoms with Crippen molar-refractivity contribution in [1.29, 1.82) is 5.26 Å². The van der Waals surface area contributed by atoms with Gasteiger partial charge in [-0.2, -0.15) is 5.26 Å². The quantitative estimate of drug-likeness (QED) is 0.636. The third-order valence-corrected chi connectivity index (χ3v) is 2.28. The normalized spacial score (nSPS) is 10.1. The van der Waals surface area contributed by atoms with E-state index in [0.29, 0.717) is 13.1 Å². The van der Waals surface area contributed by atoms with Crippen LogP contribution in [0, 0.1) is 11.3 Å². The highest BCUT2D eigenvalue weighted by atomic mass is 16.3. The van der Waals surface area contributed by atoms with Gasteiger partial charge in [0.1, 0.15) is 6.54 Å². The fourth-order valence-electron chi connectivity index (χ4n) is 1.50. The molecule has 18 heavy (non-hydrogen) atoms. The van der Waals surface area contributed by atoms with Gasteiger partial charge in [0.2, 0.25) is 5.91 Å². The fourth-order valence-corrected chi connectivity index (χ4v) is 1.50. The molecule has 0 aliphatic heterocycles. The number of carbonyl (C=O) groups excluding carboxylic acids is 1. The zero-order valence-corrected chi connectivity index (χ0v) is 10.0. The molecule has 0 aromatic carbocycles. The third-order valence-electron chi connectivity index (χ3n) is 2.28. The van der Waals surface area contributed by atoms with Crippen LogP contribution in [0.4, 0.5) is 0 Å². The summed E-state index contributed by atoms with van der Waals surface area (Å²) in [4.78, 5) is 17.3. The van der Waals surface area contributed by atoms with Crippen LogP contribution in [0.25, 0.3) is 0 Å². The maximum Gasteiger partial charge on any atom is 0.235 e. The largest absolute Gasteiger partial charge is 0.395 e. The van der Waals surface area contributed by atoms with E-state index >= 15 is 0 Å². The van der Waals surface area contributed by atoms with E-state index in [4.69, 9.17) is 10.4 Å². The summed E-state index contributed by atoms with van der Waals surface area (Å²) in [6, 6.07) is 5.57. The van der Waals surface area contributed by atoms with E-state index in [0.717, 1.165) is 5.56 Å². The topological polar surface area (TPSA) is 89.2 Å². The highest BCUT2D eigenvalue weighted by Gasteiger charge is 2.10. The lowest BCUT2D eigenvalue weighted by Crippen LogP contribution is -2.38. The molecule has 0 saturated heterocycles. The maximum absolute atomic E-state index is 11.5. The smallest absolute Gasteiger partial charge is 0.235 e. The molecule has 6 nitrogen and oxygen atoms in total. The van der Waals surface area contributed by atoms with Crippen molar-refractivity contribution in [2.24, 2.45) is 0 Å². The zero-order chi connectivity index (χ0) is 13.2. The van der Waals surface area contributed by atoms with Gasteiger partial charge in [0.15, 0.2) is 0 Å². The van der Waals surface area contributed by atoms with Crippen LogP contribution < -0.4 is 5.32 Å². The van der Waals surface area contributed by atoms with Gasteiger partial charge in [-0.15, -0.1) is 0 Å². The Morgan fingerprint density at radius 3 is 3.06 bits per heavy atom. The van der Waals surface area contributed by atoms with E-state index in [1.165, 1.54) is 0 Å². The molecule has 1 rings (SSSR count). The monoisotopic (exact) mass is 248 g/mol. The number of pyridine rings is 1. The molecule has 0 radical (unpaired) electrons. The predicted octanol–water partition coefficient (Wildman–Crippen LogP) is -0.484. The molecule has 0 unspecified atom stereocenters. The van der Waals surface area contributed by atoms with Crippen LogP contribution in [0.3, 0.4) is 0 Å². The minimum Gasteiger partial charge on any atom is -0.395 e. The molecule has 0 aliphatic rings. The van der Waals surface area contributed by atoms with Gasteiger partial charge in [-0.05, 0) is 11.6 Å². The SMILES string of the molecule is N#CCNC(=O)CN(CCO)Cc1cccnc1. The maximum atomic E-state index is 11.5. The van der Waals surface area contributed by atoms with Crippen molar-refractivity contribution in [3.05, 3.63) is 30.1 Å². The number of aliphatic hydroxyl groups excluding tert-OH is 1. The molecule has 0 aliphatic carbocycles. The van der Waals surface area contributed by atoms with Crippen molar-refractivity contribution in [3.63, 3.8) is 0 Å². The lowest BCUT2D eigenvalue weighted by Gasteiger charge is -2.20. The van der Waals surface area contributed by atoms with E-state index in [2.05, 4.69) is 10.3 Å². The second-order valence-corrected chi connectivity index (χ2v) is 3.73. The van der Waals surface area contributed by atoms with Gasteiger partial charge in [0.05, 0.1) is 19.2 Å². The molecule has 0 spiro atoms. The van der Waals surface area contributed by atoms with E-state index in [9.17, 15) is 4.79 Å². The van der Waals surface area contributed by atoms with Gasteiger partial charge in [-0.3, -0.25) is 14.7 Å². The van der Waals surface area contributed by atoms with Gasteiger partial charge in [-0.1, -0.05) is 6.07 Å². The highest BCUT2D eigenvalue weighted by Crippen LogP contribution is 2.01. The first kappa shape index (κ1) is 14.1. The molecule has 6 heteroatoms.